The minimum atomic E-state index is -0.0988. The van der Waals surface area contributed by atoms with Crippen LogP contribution in [0, 0.1) is 0 Å². The number of para-hydroxylation sites is 1. The van der Waals surface area contributed by atoms with E-state index in [0.717, 1.165) is 30.9 Å². The zero-order valence-corrected chi connectivity index (χ0v) is 13.6. The maximum atomic E-state index is 12.1. The third-order valence-electron chi connectivity index (χ3n) is 3.54. The third kappa shape index (κ3) is 5.15. The molecule has 1 aromatic carbocycles. The lowest BCUT2D eigenvalue weighted by Crippen LogP contribution is -3.11. The zero-order chi connectivity index (χ0) is 15.2. The van der Waals surface area contributed by atoms with Crippen molar-refractivity contribution < 1.29 is 14.4 Å². The second-order valence-corrected chi connectivity index (χ2v) is 6.29. The van der Waals surface area contributed by atoms with Crippen LogP contribution < -0.4 is 10.2 Å². The molecule has 2 rings (SSSR count). The molecule has 1 amide bonds. The largest absolute Gasteiger partial charge is 0.372 e. The molecular formula is C15H21Cl2N2O2+. The Kier molecular flexibility index (Phi) is 6.30. The first-order valence-corrected chi connectivity index (χ1v) is 7.98. The van der Waals surface area contributed by atoms with E-state index in [1.54, 1.807) is 18.2 Å². The van der Waals surface area contributed by atoms with Gasteiger partial charge in [-0.05, 0) is 31.4 Å². The fourth-order valence-electron chi connectivity index (χ4n) is 2.50. The lowest BCUT2D eigenvalue weighted by molar-refractivity contribution is -0.874. The van der Waals surface area contributed by atoms with Crippen molar-refractivity contribution in [2.24, 2.45) is 0 Å². The van der Waals surface area contributed by atoms with E-state index in [0.29, 0.717) is 22.3 Å². The molecule has 1 saturated heterocycles. The molecule has 1 heterocycles. The second kappa shape index (κ2) is 7.99. The van der Waals surface area contributed by atoms with E-state index in [1.807, 2.05) is 7.05 Å². The highest BCUT2D eigenvalue weighted by atomic mass is 35.5. The molecule has 0 radical (unpaired) electrons. The molecular weight excluding hydrogens is 311 g/mol. The van der Waals surface area contributed by atoms with Crippen LogP contribution in [0.2, 0.25) is 10.0 Å². The summed E-state index contributed by atoms with van der Waals surface area (Å²) in [6.45, 7) is 2.03. The fourth-order valence-corrected chi connectivity index (χ4v) is 3.00. The van der Waals surface area contributed by atoms with Gasteiger partial charge in [0, 0.05) is 6.61 Å². The van der Waals surface area contributed by atoms with E-state index in [4.69, 9.17) is 27.9 Å². The average molecular weight is 332 g/mol. The van der Waals surface area contributed by atoms with Crippen LogP contribution in [-0.2, 0) is 9.53 Å². The molecule has 4 nitrogen and oxygen atoms in total. The average Bonchev–Trinajstić information content (AvgIpc) is 2.44. The number of quaternary nitrogens is 1. The molecule has 1 aromatic rings. The van der Waals surface area contributed by atoms with Gasteiger partial charge in [-0.25, -0.2) is 0 Å². The van der Waals surface area contributed by atoms with Gasteiger partial charge in [0.25, 0.3) is 5.91 Å². The Bertz CT molecular complexity index is 470. The summed E-state index contributed by atoms with van der Waals surface area (Å²) in [5.74, 6) is -0.0988. The molecule has 1 aliphatic heterocycles. The topological polar surface area (TPSA) is 42.8 Å². The quantitative estimate of drug-likeness (QED) is 0.866. The highest BCUT2D eigenvalue weighted by molar-refractivity contribution is 6.39. The van der Waals surface area contributed by atoms with Crippen molar-refractivity contribution in [1.82, 2.24) is 0 Å². The molecule has 0 aromatic heterocycles. The van der Waals surface area contributed by atoms with Gasteiger partial charge < -0.3 is 15.0 Å². The molecule has 2 N–H and O–H groups in total. The summed E-state index contributed by atoms with van der Waals surface area (Å²) in [7, 11) is 1.99. The van der Waals surface area contributed by atoms with Crippen LogP contribution in [0.4, 0.5) is 5.69 Å². The Labute approximate surface area is 135 Å². The lowest BCUT2D eigenvalue weighted by atomic mass is 10.1. The van der Waals surface area contributed by atoms with Crippen molar-refractivity contribution in [1.29, 1.82) is 0 Å². The van der Waals surface area contributed by atoms with E-state index in [1.165, 1.54) is 6.42 Å². The molecule has 0 spiro atoms. The van der Waals surface area contributed by atoms with Crippen molar-refractivity contribution in [3.8, 4) is 0 Å². The minimum absolute atomic E-state index is 0.0988. The molecule has 0 saturated carbocycles. The van der Waals surface area contributed by atoms with E-state index in [9.17, 15) is 4.79 Å². The van der Waals surface area contributed by atoms with Gasteiger partial charge in [0.2, 0.25) is 0 Å². The second-order valence-electron chi connectivity index (χ2n) is 5.47. The van der Waals surface area contributed by atoms with Gasteiger partial charge in [0.1, 0.15) is 12.6 Å². The number of halogens is 2. The standard InChI is InChI=1S/C15H20Cl2N2O2/c1-19(9-11-5-2-3-8-21-11)10-14(20)18-15-12(16)6-4-7-13(15)17/h4,6-7,11H,2-3,5,8-10H2,1H3,(H,18,20)/p+1/t11-/m0/s1. The normalized spacial score (nSPS) is 20.0. The summed E-state index contributed by atoms with van der Waals surface area (Å²) in [6.07, 6.45) is 3.69. The van der Waals surface area contributed by atoms with E-state index >= 15 is 0 Å². The van der Waals surface area contributed by atoms with Gasteiger partial charge in [-0.1, -0.05) is 29.3 Å². The number of hydrogen-bond donors (Lipinski definition) is 2. The Morgan fingerprint density at radius 1 is 1.38 bits per heavy atom. The third-order valence-corrected chi connectivity index (χ3v) is 4.17. The van der Waals surface area contributed by atoms with E-state index in [-0.39, 0.29) is 12.0 Å². The maximum Gasteiger partial charge on any atom is 0.279 e. The molecule has 0 bridgehead atoms. The van der Waals surface area contributed by atoms with Gasteiger partial charge >= 0.3 is 0 Å². The molecule has 6 heteroatoms. The van der Waals surface area contributed by atoms with Gasteiger partial charge in [0.15, 0.2) is 6.54 Å². The van der Waals surface area contributed by atoms with Gasteiger partial charge in [-0.3, -0.25) is 4.79 Å². The molecule has 2 atom stereocenters. The Morgan fingerprint density at radius 3 is 2.71 bits per heavy atom. The Balaban J connectivity index is 1.83. The number of hydrogen-bond acceptors (Lipinski definition) is 2. The number of carbonyl (C=O) groups excluding carboxylic acids is 1. The van der Waals surface area contributed by atoms with Crippen LogP contribution in [-0.4, -0.2) is 38.8 Å². The number of amides is 1. The highest BCUT2D eigenvalue weighted by Crippen LogP contribution is 2.29. The van der Waals surface area contributed by atoms with Gasteiger partial charge in [-0.15, -0.1) is 0 Å². The highest BCUT2D eigenvalue weighted by Gasteiger charge is 2.20. The number of rotatable bonds is 5. The number of anilines is 1. The molecule has 1 aliphatic rings. The van der Waals surface area contributed by atoms with E-state index < -0.39 is 0 Å². The first kappa shape index (κ1) is 16.6. The number of carbonyl (C=O) groups is 1. The van der Waals surface area contributed by atoms with Crippen LogP contribution >= 0.6 is 23.2 Å². The lowest BCUT2D eigenvalue weighted by Gasteiger charge is -2.25. The number of benzene rings is 1. The molecule has 1 unspecified atom stereocenters. The van der Waals surface area contributed by atoms with Crippen molar-refractivity contribution in [3.05, 3.63) is 28.2 Å². The zero-order valence-electron chi connectivity index (χ0n) is 12.1. The predicted octanol–water partition coefficient (Wildman–Crippen LogP) is 2.02. The number of ether oxygens (including phenoxy) is 1. The van der Waals surface area contributed by atoms with Crippen LogP contribution in [0.15, 0.2) is 18.2 Å². The molecule has 21 heavy (non-hydrogen) atoms. The predicted molar refractivity (Wildman–Crippen MR) is 85.3 cm³/mol. The smallest absolute Gasteiger partial charge is 0.279 e. The van der Waals surface area contributed by atoms with Crippen LogP contribution in [0.3, 0.4) is 0 Å². The van der Waals surface area contributed by atoms with Gasteiger partial charge in [-0.2, -0.15) is 0 Å². The van der Waals surface area contributed by atoms with Crippen LogP contribution in [0.25, 0.3) is 0 Å². The Morgan fingerprint density at radius 2 is 2.10 bits per heavy atom. The summed E-state index contributed by atoms with van der Waals surface area (Å²) in [4.78, 5) is 13.2. The van der Waals surface area contributed by atoms with Crippen LogP contribution in [0.5, 0.6) is 0 Å². The van der Waals surface area contributed by atoms with Crippen molar-refractivity contribution in [2.75, 3.05) is 32.1 Å². The summed E-state index contributed by atoms with van der Waals surface area (Å²) in [5, 5.41) is 3.68. The summed E-state index contributed by atoms with van der Waals surface area (Å²) < 4.78 is 5.69. The summed E-state index contributed by atoms with van der Waals surface area (Å²) >= 11 is 12.1. The van der Waals surface area contributed by atoms with Crippen molar-refractivity contribution in [2.45, 2.75) is 25.4 Å². The monoisotopic (exact) mass is 331 g/mol. The van der Waals surface area contributed by atoms with Crippen LogP contribution in [0.1, 0.15) is 19.3 Å². The number of nitrogens with one attached hydrogen (secondary N) is 2. The maximum absolute atomic E-state index is 12.1. The molecule has 116 valence electrons. The van der Waals surface area contributed by atoms with E-state index in [2.05, 4.69) is 5.32 Å². The summed E-state index contributed by atoms with van der Waals surface area (Å²) in [5.41, 5.74) is 0.479. The SMILES string of the molecule is C[NH+](CC(=O)Nc1c(Cl)cccc1Cl)C[C@@H]1CCCCO1. The fraction of sp³-hybridized carbons (Fsp3) is 0.533. The van der Waals surface area contributed by atoms with Crippen molar-refractivity contribution >= 4 is 34.8 Å². The van der Waals surface area contributed by atoms with Gasteiger partial charge in [0.05, 0.1) is 22.8 Å². The first-order valence-electron chi connectivity index (χ1n) is 7.23. The minimum Gasteiger partial charge on any atom is -0.372 e. The molecule has 0 aliphatic carbocycles. The number of likely N-dealkylation sites (N-methyl/N-ethyl adjacent to an activating group) is 1. The van der Waals surface area contributed by atoms with Crippen molar-refractivity contribution in [3.63, 3.8) is 0 Å². The summed E-state index contributed by atoms with van der Waals surface area (Å²) in [6, 6.07) is 5.16. The molecule has 1 fully saturated rings. The first-order chi connectivity index (χ1) is 10.1. The Hall–Kier alpha value is -0.810.